The molecule has 112 valence electrons. The summed E-state index contributed by atoms with van der Waals surface area (Å²) in [5.74, 6) is 0.0563. The van der Waals surface area contributed by atoms with Crippen LogP contribution in [-0.2, 0) is 24.4 Å². The summed E-state index contributed by atoms with van der Waals surface area (Å²) >= 11 is 0. The molecule has 1 aliphatic rings. The minimum Gasteiger partial charge on any atom is -0.333 e. The molecule has 0 aliphatic carbocycles. The van der Waals surface area contributed by atoms with Gasteiger partial charge in [-0.1, -0.05) is 17.3 Å². The molecule has 3 heterocycles. The molecule has 0 atom stereocenters. The lowest BCUT2D eigenvalue weighted by Gasteiger charge is -2.27. The van der Waals surface area contributed by atoms with Crippen LogP contribution in [0.15, 0.2) is 30.3 Å². The van der Waals surface area contributed by atoms with Gasteiger partial charge in [0.25, 0.3) is 0 Å². The largest absolute Gasteiger partial charge is 0.333 e. The van der Waals surface area contributed by atoms with Crippen molar-refractivity contribution in [1.29, 1.82) is 0 Å². The monoisotopic (exact) mass is 296 g/mol. The molecule has 0 N–H and O–H groups in total. The van der Waals surface area contributed by atoms with Crippen LogP contribution in [-0.4, -0.2) is 42.1 Å². The maximum absolute atomic E-state index is 12.5. The van der Waals surface area contributed by atoms with E-state index in [0.717, 1.165) is 29.0 Å². The quantitative estimate of drug-likeness (QED) is 0.707. The van der Waals surface area contributed by atoms with Crippen molar-refractivity contribution in [1.82, 2.24) is 29.7 Å². The van der Waals surface area contributed by atoms with Crippen molar-refractivity contribution in [3.63, 3.8) is 0 Å². The lowest BCUT2D eigenvalue weighted by molar-refractivity contribution is -0.133. The van der Waals surface area contributed by atoms with Crippen molar-refractivity contribution in [3.05, 3.63) is 41.7 Å². The Hall–Kier alpha value is -2.70. The third-order valence-corrected chi connectivity index (χ3v) is 3.98. The van der Waals surface area contributed by atoms with Gasteiger partial charge in [0.05, 0.1) is 30.0 Å². The molecule has 0 saturated carbocycles. The zero-order valence-electron chi connectivity index (χ0n) is 12.3. The number of hydrogen-bond donors (Lipinski definition) is 0. The van der Waals surface area contributed by atoms with E-state index in [9.17, 15) is 4.79 Å². The normalized spacial score (nSPS) is 14.3. The van der Waals surface area contributed by atoms with Crippen LogP contribution < -0.4 is 0 Å². The highest BCUT2D eigenvalue weighted by atomic mass is 16.2. The molecule has 0 bridgehead atoms. The van der Waals surface area contributed by atoms with E-state index in [1.807, 2.05) is 46.8 Å². The average molecular weight is 296 g/mol. The Labute approximate surface area is 127 Å². The minimum atomic E-state index is 0.0563. The van der Waals surface area contributed by atoms with Gasteiger partial charge >= 0.3 is 0 Å². The second-order valence-corrected chi connectivity index (χ2v) is 5.55. The lowest BCUT2D eigenvalue weighted by atomic mass is 10.2. The third-order valence-electron chi connectivity index (χ3n) is 3.98. The van der Waals surface area contributed by atoms with Crippen molar-refractivity contribution < 1.29 is 4.79 Å². The number of aryl methyl sites for hydroxylation is 1. The molecule has 0 radical (unpaired) electrons. The van der Waals surface area contributed by atoms with Gasteiger partial charge < -0.3 is 4.90 Å². The summed E-state index contributed by atoms with van der Waals surface area (Å²) in [6, 6.07) is 9.69. The SMILES string of the molecule is Cc1cc2n(n1)CCN(C(=O)Cn1nnc3ccccc31)C2. The van der Waals surface area contributed by atoms with Gasteiger partial charge in [0.2, 0.25) is 5.91 Å². The van der Waals surface area contributed by atoms with Crippen molar-refractivity contribution in [2.75, 3.05) is 6.54 Å². The number of benzene rings is 1. The van der Waals surface area contributed by atoms with E-state index in [1.54, 1.807) is 4.68 Å². The highest BCUT2D eigenvalue weighted by Crippen LogP contribution is 2.15. The van der Waals surface area contributed by atoms with E-state index >= 15 is 0 Å². The molecule has 0 saturated heterocycles. The van der Waals surface area contributed by atoms with Crippen LogP contribution in [0, 0.1) is 6.92 Å². The topological polar surface area (TPSA) is 68.8 Å². The van der Waals surface area contributed by atoms with Gasteiger partial charge in [-0.15, -0.1) is 5.10 Å². The fourth-order valence-electron chi connectivity index (χ4n) is 2.89. The van der Waals surface area contributed by atoms with Gasteiger partial charge in [0, 0.05) is 6.54 Å². The summed E-state index contributed by atoms with van der Waals surface area (Å²) in [4.78, 5) is 14.4. The smallest absolute Gasteiger partial charge is 0.244 e. The van der Waals surface area contributed by atoms with Crippen LogP contribution in [0.4, 0.5) is 0 Å². The van der Waals surface area contributed by atoms with E-state index < -0.39 is 0 Å². The molecule has 3 aromatic rings. The van der Waals surface area contributed by atoms with Crippen LogP contribution >= 0.6 is 0 Å². The number of aromatic nitrogens is 5. The average Bonchev–Trinajstić information content (AvgIpc) is 3.09. The molecule has 2 aromatic heterocycles. The zero-order chi connectivity index (χ0) is 15.1. The Kier molecular flexibility index (Phi) is 2.92. The Morgan fingerprint density at radius 3 is 3.05 bits per heavy atom. The number of carbonyl (C=O) groups is 1. The summed E-state index contributed by atoms with van der Waals surface area (Å²) in [6.45, 7) is 4.21. The molecule has 22 heavy (non-hydrogen) atoms. The molecule has 7 nitrogen and oxygen atoms in total. The molecular formula is C15H16N6O. The Morgan fingerprint density at radius 2 is 2.14 bits per heavy atom. The van der Waals surface area contributed by atoms with E-state index in [1.165, 1.54) is 0 Å². The maximum Gasteiger partial charge on any atom is 0.244 e. The summed E-state index contributed by atoms with van der Waals surface area (Å²) in [7, 11) is 0. The molecule has 1 aromatic carbocycles. The van der Waals surface area contributed by atoms with E-state index in [2.05, 4.69) is 15.4 Å². The number of rotatable bonds is 2. The van der Waals surface area contributed by atoms with Crippen LogP contribution in [0.25, 0.3) is 11.0 Å². The highest BCUT2D eigenvalue weighted by molar-refractivity contribution is 5.79. The van der Waals surface area contributed by atoms with Gasteiger partial charge in [0.15, 0.2) is 0 Å². The molecule has 7 heteroatoms. The predicted molar refractivity (Wildman–Crippen MR) is 79.9 cm³/mol. The summed E-state index contributed by atoms with van der Waals surface area (Å²) < 4.78 is 3.64. The predicted octanol–water partition coefficient (Wildman–Crippen LogP) is 0.979. The van der Waals surface area contributed by atoms with Gasteiger partial charge in [-0.05, 0) is 25.1 Å². The molecule has 0 spiro atoms. The van der Waals surface area contributed by atoms with Crippen molar-refractivity contribution in [2.45, 2.75) is 26.6 Å². The van der Waals surface area contributed by atoms with Crippen LogP contribution in [0.3, 0.4) is 0 Å². The minimum absolute atomic E-state index is 0.0563. The molecule has 4 rings (SSSR count). The Morgan fingerprint density at radius 1 is 1.27 bits per heavy atom. The lowest BCUT2D eigenvalue weighted by Crippen LogP contribution is -2.40. The second-order valence-electron chi connectivity index (χ2n) is 5.55. The first kappa shape index (κ1) is 13.0. The Bertz CT molecular complexity index is 849. The number of nitrogens with zero attached hydrogens (tertiary/aromatic N) is 6. The van der Waals surface area contributed by atoms with E-state index in [0.29, 0.717) is 13.1 Å². The summed E-state index contributed by atoms with van der Waals surface area (Å²) in [5.41, 5.74) is 3.77. The van der Waals surface area contributed by atoms with Crippen molar-refractivity contribution >= 4 is 16.9 Å². The fraction of sp³-hybridized carbons (Fsp3) is 0.333. The first-order chi connectivity index (χ1) is 10.7. The van der Waals surface area contributed by atoms with Crippen molar-refractivity contribution in [2.24, 2.45) is 0 Å². The van der Waals surface area contributed by atoms with E-state index in [-0.39, 0.29) is 12.5 Å². The zero-order valence-corrected chi connectivity index (χ0v) is 12.3. The third kappa shape index (κ3) is 2.14. The second kappa shape index (κ2) is 4.94. The van der Waals surface area contributed by atoms with Gasteiger partial charge in [-0.25, -0.2) is 4.68 Å². The maximum atomic E-state index is 12.5. The van der Waals surface area contributed by atoms with Crippen molar-refractivity contribution in [3.8, 4) is 0 Å². The number of hydrogen-bond acceptors (Lipinski definition) is 4. The van der Waals surface area contributed by atoms with Crippen LogP contribution in [0.1, 0.15) is 11.4 Å². The fourth-order valence-corrected chi connectivity index (χ4v) is 2.89. The molecule has 0 unspecified atom stereocenters. The standard InChI is InChI=1S/C15H16N6O/c1-11-8-12-9-19(6-7-20(12)17-11)15(22)10-21-14-5-3-2-4-13(14)16-18-21/h2-5,8H,6-7,9-10H2,1H3. The Balaban J connectivity index is 1.53. The van der Waals surface area contributed by atoms with Crippen LogP contribution in [0.5, 0.6) is 0 Å². The highest BCUT2D eigenvalue weighted by Gasteiger charge is 2.22. The van der Waals surface area contributed by atoms with Gasteiger partial charge in [0.1, 0.15) is 12.1 Å². The number of amides is 1. The van der Waals surface area contributed by atoms with Crippen LogP contribution in [0.2, 0.25) is 0 Å². The van der Waals surface area contributed by atoms with E-state index in [4.69, 9.17) is 0 Å². The molecule has 0 fully saturated rings. The molecular weight excluding hydrogens is 280 g/mol. The number of fused-ring (bicyclic) bond motifs is 2. The molecule has 1 aliphatic heterocycles. The number of carbonyl (C=O) groups excluding carboxylic acids is 1. The van der Waals surface area contributed by atoms with Gasteiger partial charge in [-0.2, -0.15) is 5.10 Å². The number of para-hydroxylation sites is 1. The first-order valence-corrected chi connectivity index (χ1v) is 7.30. The first-order valence-electron chi connectivity index (χ1n) is 7.30. The van der Waals surface area contributed by atoms with Gasteiger partial charge in [-0.3, -0.25) is 9.48 Å². The summed E-state index contributed by atoms with van der Waals surface area (Å²) in [6.07, 6.45) is 0. The molecule has 1 amide bonds. The summed E-state index contributed by atoms with van der Waals surface area (Å²) in [5, 5.41) is 12.6.